The fraction of sp³-hybridized carbons (Fsp3) is 0.0400. The van der Waals surface area contributed by atoms with Crippen LogP contribution in [-0.4, -0.2) is 0 Å². The van der Waals surface area contributed by atoms with Crippen molar-refractivity contribution in [3.63, 3.8) is 0 Å². The second kappa shape index (κ2) is 8.13. The van der Waals surface area contributed by atoms with Gasteiger partial charge in [0.15, 0.2) is 0 Å². The minimum absolute atomic E-state index is 0.527. The standard InChI is InChI=1S/C25H21P/c1-4-12-21(13-5-1)25-19-11-10-14-22(25)20-26(23-15-6-2-7-16-23)24-17-8-3-9-18-24/h1-13,15-20H,14H2. The summed E-state index contributed by atoms with van der Waals surface area (Å²) in [6, 6.07) is 32.4. The third kappa shape index (κ3) is 3.77. The zero-order valence-electron chi connectivity index (χ0n) is 14.6. The van der Waals surface area contributed by atoms with Crippen LogP contribution in [0.3, 0.4) is 0 Å². The molecule has 0 aromatic heterocycles. The lowest BCUT2D eigenvalue weighted by molar-refractivity contribution is 1.28. The van der Waals surface area contributed by atoms with E-state index < -0.39 is 7.92 Å². The Morgan fingerprint density at radius 3 is 1.77 bits per heavy atom. The molecule has 0 saturated heterocycles. The lowest BCUT2D eigenvalue weighted by Crippen LogP contribution is -2.10. The van der Waals surface area contributed by atoms with Crippen LogP contribution in [0.15, 0.2) is 121 Å². The van der Waals surface area contributed by atoms with Crippen molar-refractivity contribution in [1.82, 2.24) is 0 Å². The van der Waals surface area contributed by atoms with E-state index in [2.05, 4.69) is 115 Å². The average molecular weight is 352 g/mol. The first-order valence-corrected chi connectivity index (χ1v) is 10.4. The maximum absolute atomic E-state index is 2.50. The summed E-state index contributed by atoms with van der Waals surface area (Å²) in [7, 11) is -0.527. The van der Waals surface area contributed by atoms with E-state index in [1.165, 1.54) is 27.3 Å². The van der Waals surface area contributed by atoms with Gasteiger partial charge in [-0.05, 0) is 47.5 Å². The van der Waals surface area contributed by atoms with Gasteiger partial charge in [-0.1, -0.05) is 109 Å². The summed E-state index contributed by atoms with van der Waals surface area (Å²) in [5.74, 6) is 2.50. The number of allylic oxidation sites excluding steroid dienone is 5. The van der Waals surface area contributed by atoms with Crippen LogP contribution >= 0.6 is 7.92 Å². The van der Waals surface area contributed by atoms with Crippen LogP contribution < -0.4 is 10.6 Å². The molecule has 0 radical (unpaired) electrons. The highest BCUT2D eigenvalue weighted by molar-refractivity contribution is 7.75. The van der Waals surface area contributed by atoms with Gasteiger partial charge in [-0.15, -0.1) is 0 Å². The molecule has 0 bridgehead atoms. The van der Waals surface area contributed by atoms with Gasteiger partial charge < -0.3 is 0 Å². The highest BCUT2D eigenvalue weighted by Gasteiger charge is 2.15. The molecule has 0 amide bonds. The molecule has 0 spiro atoms. The third-order valence-electron chi connectivity index (χ3n) is 4.52. The smallest absolute Gasteiger partial charge is 0.00875 e. The van der Waals surface area contributed by atoms with Crippen LogP contribution in [0.5, 0.6) is 0 Å². The predicted molar refractivity (Wildman–Crippen MR) is 115 cm³/mol. The summed E-state index contributed by atoms with van der Waals surface area (Å²) in [5, 5.41) is 2.78. The summed E-state index contributed by atoms with van der Waals surface area (Å²) < 4.78 is 0. The van der Waals surface area contributed by atoms with Gasteiger partial charge >= 0.3 is 0 Å². The fourth-order valence-corrected chi connectivity index (χ4v) is 5.37. The molecule has 0 heterocycles. The normalized spacial score (nSPS) is 15.3. The van der Waals surface area contributed by atoms with Crippen molar-refractivity contribution in [3.05, 3.63) is 126 Å². The van der Waals surface area contributed by atoms with E-state index in [-0.39, 0.29) is 0 Å². The molecule has 0 N–H and O–H groups in total. The number of benzene rings is 3. The van der Waals surface area contributed by atoms with Crippen LogP contribution in [0.1, 0.15) is 12.0 Å². The molecule has 0 nitrogen and oxygen atoms in total. The topological polar surface area (TPSA) is 0 Å². The molecule has 0 atom stereocenters. The number of hydrogen-bond acceptors (Lipinski definition) is 0. The van der Waals surface area contributed by atoms with Crippen molar-refractivity contribution in [2.24, 2.45) is 0 Å². The molecule has 3 aromatic rings. The summed E-state index contributed by atoms with van der Waals surface area (Å²) >= 11 is 0. The average Bonchev–Trinajstić information content (AvgIpc) is 2.74. The van der Waals surface area contributed by atoms with Crippen molar-refractivity contribution in [2.75, 3.05) is 0 Å². The maximum Gasteiger partial charge on any atom is -0.00875 e. The second-order valence-corrected chi connectivity index (χ2v) is 8.31. The Morgan fingerprint density at radius 1 is 0.654 bits per heavy atom. The lowest BCUT2D eigenvalue weighted by Gasteiger charge is -2.20. The van der Waals surface area contributed by atoms with E-state index in [0.717, 1.165) is 6.42 Å². The van der Waals surface area contributed by atoms with E-state index in [0.29, 0.717) is 0 Å². The van der Waals surface area contributed by atoms with E-state index in [1.807, 2.05) is 0 Å². The van der Waals surface area contributed by atoms with Gasteiger partial charge in [0.2, 0.25) is 0 Å². The van der Waals surface area contributed by atoms with Gasteiger partial charge in [0.05, 0.1) is 0 Å². The SMILES string of the molecule is C1=CCC(=CP(c2ccccc2)c2ccccc2)C(c2ccccc2)=C1. The molecule has 0 aliphatic heterocycles. The first kappa shape index (κ1) is 16.8. The zero-order chi connectivity index (χ0) is 17.6. The molecule has 3 aromatic carbocycles. The van der Waals surface area contributed by atoms with Crippen LogP contribution in [0, 0.1) is 0 Å². The van der Waals surface area contributed by atoms with Crippen LogP contribution in [0.25, 0.3) is 5.57 Å². The number of hydrogen-bond donors (Lipinski definition) is 0. The molecular formula is C25H21P. The molecule has 1 aliphatic rings. The van der Waals surface area contributed by atoms with Crippen molar-refractivity contribution >= 4 is 24.1 Å². The Kier molecular flexibility index (Phi) is 5.24. The first-order chi connectivity index (χ1) is 12.9. The van der Waals surface area contributed by atoms with Crippen molar-refractivity contribution in [3.8, 4) is 0 Å². The molecule has 26 heavy (non-hydrogen) atoms. The van der Waals surface area contributed by atoms with Gasteiger partial charge in [0.1, 0.15) is 0 Å². The summed E-state index contributed by atoms with van der Waals surface area (Å²) in [4.78, 5) is 0. The van der Waals surface area contributed by atoms with Crippen LogP contribution in [0.4, 0.5) is 0 Å². The Bertz CT molecular complexity index is 896. The first-order valence-electron chi connectivity index (χ1n) is 8.94. The van der Waals surface area contributed by atoms with Crippen molar-refractivity contribution in [2.45, 2.75) is 6.42 Å². The Labute approximate surface area is 157 Å². The number of rotatable bonds is 4. The van der Waals surface area contributed by atoms with Gasteiger partial charge in [-0.2, -0.15) is 0 Å². The van der Waals surface area contributed by atoms with E-state index >= 15 is 0 Å². The molecule has 4 rings (SSSR count). The van der Waals surface area contributed by atoms with Crippen LogP contribution in [0.2, 0.25) is 0 Å². The van der Waals surface area contributed by atoms with Crippen LogP contribution in [-0.2, 0) is 0 Å². The van der Waals surface area contributed by atoms with Gasteiger partial charge in [0, 0.05) is 0 Å². The third-order valence-corrected chi connectivity index (χ3v) is 6.80. The predicted octanol–water partition coefficient (Wildman–Crippen LogP) is 6.05. The molecular weight excluding hydrogens is 331 g/mol. The van der Waals surface area contributed by atoms with Crippen molar-refractivity contribution in [1.29, 1.82) is 0 Å². The highest BCUT2D eigenvalue weighted by Crippen LogP contribution is 2.41. The minimum Gasteiger partial charge on any atom is -0.0801 e. The summed E-state index contributed by atoms with van der Waals surface area (Å²) in [6.07, 6.45) is 7.65. The van der Waals surface area contributed by atoms with E-state index in [9.17, 15) is 0 Å². The van der Waals surface area contributed by atoms with Gasteiger partial charge in [0.25, 0.3) is 0 Å². The molecule has 126 valence electrons. The van der Waals surface area contributed by atoms with Gasteiger partial charge in [-0.3, -0.25) is 0 Å². The second-order valence-electron chi connectivity index (χ2n) is 6.27. The Morgan fingerprint density at radius 2 is 1.19 bits per heavy atom. The lowest BCUT2D eigenvalue weighted by atomic mass is 9.93. The zero-order valence-corrected chi connectivity index (χ0v) is 15.5. The highest BCUT2D eigenvalue weighted by atomic mass is 31.1. The molecule has 0 fully saturated rings. The quantitative estimate of drug-likeness (QED) is 0.502. The summed E-state index contributed by atoms with van der Waals surface area (Å²) in [6.45, 7) is 0. The molecule has 0 saturated carbocycles. The molecule has 0 unspecified atom stereocenters. The van der Waals surface area contributed by atoms with Crippen molar-refractivity contribution < 1.29 is 0 Å². The fourth-order valence-electron chi connectivity index (χ4n) is 3.23. The van der Waals surface area contributed by atoms with E-state index in [4.69, 9.17) is 0 Å². The Hall–Kier alpha value is -2.69. The monoisotopic (exact) mass is 352 g/mol. The van der Waals surface area contributed by atoms with Gasteiger partial charge in [-0.25, -0.2) is 0 Å². The minimum atomic E-state index is -0.527. The maximum atomic E-state index is 2.50. The van der Waals surface area contributed by atoms with E-state index in [1.54, 1.807) is 0 Å². The largest absolute Gasteiger partial charge is 0.0801 e. The molecule has 1 heteroatoms. The molecule has 1 aliphatic carbocycles. The Balaban J connectivity index is 1.79. The summed E-state index contributed by atoms with van der Waals surface area (Å²) in [5.41, 5.74) is 4.05.